The monoisotopic (exact) mass is 216 g/mol. The van der Waals surface area contributed by atoms with E-state index in [1.807, 2.05) is 6.07 Å². The molecule has 0 saturated heterocycles. The lowest BCUT2D eigenvalue weighted by Gasteiger charge is -2.03. The van der Waals surface area contributed by atoms with Gasteiger partial charge in [0.25, 0.3) is 0 Å². The summed E-state index contributed by atoms with van der Waals surface area (Å²) in [6.45, 7) is 0. The molecular formula is C11H8N2O3. The summed E-state index contributed by atoms with van der Waals surface area (Å²) >= 11 is 0. The number of nitro groups is 1. The van der Waals surface area contributed by atoms with Crippen LogP contribution < -0.4 is 5.56 Å². The largest absolute Gasteiger partial charge is 0.334 e. The van der Waals surface area contributed by atoms with Gasteiger partial charge in [-0.15, -0.1) is 0 Å². The van der Waals surface area contributed by atoms with Gasteiger partial charge < -0.3 is 0 Å². The van der Waals surface area contributed by atoms with Crippen molar-refractivity contribution in [3.63, 3.8) is 0 Å². The molecule has 0 N–H and O–H groups in total. The van der Waals surface area contributed by atoms with Gasteiger partial charge in [-0.2, -0.15) is 0 Å². The first-order valence-corrected chi connectivity index (χ1v) is 4.61. The average molecular weight is 216 g/mol. The average Bonchev–Trinajstić information content (AvgIpc) is 2.30. The standard InChI is InChI=1S/C11H8N2O3/c14-11-10(13(15)16)7-4-8-12(11)9-5-2-1-3-6-9/h1-8H. The van der Waals surface area contributed by atoms with E-state index in [1.165, 1.54) is 22.9 Å². The van der Waals surface area contributed by atoms with Crippen molar-refractivity contribution in [1.82, 2.24) is 4.57 Å². The second-order valence-corrected chi connectivity index (χ2v) is 3.16. The topological polar surface area (TPSA) is 65.1 Å². The zero-order valence-electron chi connectivity index (χ0n) is 8.24. The molecule has 0 unspecified atom stereocenters. The third kappa shape index (κ3) is 1.70. The van der Waals surface area contributed by atoms with Crippen LogP contribution in [0, 0.1) is 10.1 Å². The third-order valence-electron chi connectivity index (χ3n) is 2.16. The van der Waals surface area contributed by atoms with Gasteiger partial charge in [0.05, 0.1) is 4.92 Å². The van der Waals surface area contributed by atoms with E-state index in [4.69, 9.17) is 0 Å². The van der Waals surface area contributed by atoms with Crippen molar-refractivity contribution in [1.29, 1.82) is 0 Å². The molecule has 0 amide bonds. The van der Waals surface area contributed by atoms with Gasteiger partial charge in [0.2, 0.25) is 0 Å². The van der Waals surface area contributed by atoms with Gasteiger partial charge in [-0.05, 0) is 18.2 Å². The number of rotatable bonds is 2. The Morgan fingerprint density at radius 3 is 2.38 bits per heavy atom. The van der Waals surface area contributed by atoms with E-state index in [-0.39, 0.29) is 0 Å². The van der Waals surface area contributed by atoms with Crippen LogP contribution in [0.25, 0.3) is 5.69 Å². The summed E-state index contributed by atoms with van der Waals surface area (Å²) in [4.78, 5) is 21.7. The molecule has 0 bridgehead atoms. The zero-order chi connectivity index (χ0) is 11.5. The Hall–Kier alpha value is -2.43. The molecule has 0 saturated carbocycles. The fraction of sp³-hybridized carbons (Fsp3) is 0. The fourth-order valence-corrected chi connectivity index (χ4v) is 1.41. The molecule has 0 spiro atoms. The highest BCUT2D eigenvalue weighted by Gasteiger charge is 2.13. The van der Waals surface area contributed by atoms with Gasteiger partial charge in [-0.1, -0.05) is 18.2 Å². The Labute approximate surface area is 90.7 Å². The number of aromatic nitrogens is 1. The maximum Gasteiger partial charge on any atom is 0.334 e. The minimum absolute atomic E-state index is 0.425. The summed E-state index contributed by atoms with van der Waals surface area (Å²) in [6, 6.07) is 11.4. The molecule has 80 valence electrons. The first kappa shape index (κ1) is 10.1. The molecular weight excluding hydrogens is 208 g/mol. The van der Waals surface area contributed by atoms with Crippen LogP contribution in [0.15, 0.2) is 53.5 Å². The van der Waals surface area contributed by atoms with Crippen LogP contribution in [0.3, 0.4) is 0 Å². The molecule has 0 radical (unpaired) electrons. The van der Waals surface area contributed by atoms with Crippen LogP contribution in [0.5, 0.6) is 0 Å². The summed E-state index contributed by atoms with van der Waals surface area (Å²) in [5, 5.41) is 10.6. The van der Waals surface area contributed by atoms with Crippen LogP contribution in [0.1, 0.15) is 0 Å². The minimum atomic E-state index is -0.679. The Kier molecular flexibility index (Phi) is 2.51. The molecule has 5 heteroatoms. The summed E-state index contributed by atoms with van der Waals surface area (Å²) in [5.74, 6) is 0. The number of hydrogen-bond donors (Lipinski definition) is 0. The fourth-order valence-electron chi connectivity index (χ4n) is 1.41. The highest BCUT2D eigenvalue weighted by Crippen LogP contribution is 2.07. The lowest BCUT2D eigenvalue weighted by Crippen LogP contribution is -2.19. The zero-order valence-corrected chi connectivity index (χ0v) is 8.24. The van der Waals surface area contributed by atoms with E-state index in [0.717, 1.165) is 0 Å². The van der Waals surface area contributed by atoms with Gasteiger partial charge in [-0.25, -0.2) is 0 Å². The number of nitrogens with zero attached hydrogens (tertiary/aromatic N) is 2. The molecule has 1 aromatic heterocycles. The lowest BCUT2D eigenvalue weighted by atomic mass is 10.3. The SMILES string of the molecule is O=c1c([N+](=O)[O-])cccn1-c1ccccc1. The van der Waals surface area contributed by atoms with Crippen molar-refractivity contribution in [2.24, 2.45) is 0 Å². The maximum absolute atomic E-state index is 11.7. The molecule has 2 rings (SSSR count). The molecule has 5 nitrogen and oxygen atoms in total. The number of pyridine rings is 1. The van der Waals surface area contributed by atoms with Crippen LogP contribution in [0.4, 0.5) is 5.69 Å². The number of para-hydroxylation sites is 1. The molecule has 0 aliphatic rings. The Morgan fingerprint density at radius 2 is 1.75 bits per heavy atom. The van der Waals surface area contributed by atoms with E-state index >= 15 is 0 Å². The Balaban J connectivity index is 2.64. The van der Waals surface area contributed by atoms with E-state index < -0.39 is 16.2 Å². The molecule has 0 atom stereocenters. The van der Waals surface area contributed by atoms with E-state index in [1.54, 1.807) is 24.3 Å². The van der Waals surface area contributed by atoms with Gasteiger partial charge in [0.1, 0.15) is 0 Å². The highest BCUT2D eigenvalue weighted by molar-refractivity contribution is 5.36. The van der Waals surface area contributed by atoms with Crippen molar-refractivity contribution >= 4 is 5.69 Å². The van der Waals surface area contributed by atoms with Crippen molar-refractivity contribution in [2.75, 3.05) is 0 Å². The van der Waals surface area contributed by atoms with Crippen LogP contribution in [0.2, 0.25) is 0 Å². The summed E-state index contributed by atoms with van der Waals surface area (Å²) in [6.07, 6.45) is 1.50. The highest BCUT2D eigenvalue weighted by atomic mass is 16.6. The Morgan fingerprint density at radius 1 is 1.06 bits per heavy atom. The third-order valence-corrected chi connectivity index (χ3v) is 2.16. The number of hydrogen-bond acceptors (Lipinski definition) is 3. The van der Waals surface area contributed by atoms with Gasteiger partial charge >= 0.3 is 11.2 Å². The van der Waals surface area contributed by atoms with Crippen LogP contribution in [-0.4, -0.2) is 9.49 Å². The van der Waals surface area contributed by atoms with Crippen LogP contribution in [-0.2, 0) is 0 Å². The van der Waals surface area contributed by atoms with E-state index in [9.17, 15) is 14.9 Å². The molecule has 2 aromatic rings. The summed E-state index contributed by atoms with van der Waals surface area (Å²) < 4.78 is 1.25. The van der Waals surface area contributed by atoms with Crippen molar-refractivity contribution in [3.05, 3.63) is 69.1 Å². The molecule has 1 aromatic carbocycles. The van der Waals surface area contributed by atoms with E-state index in [2.05, 4.69) is 0 Å². The molecule has 0 aliphatic carbocycles. The predicted octanol–water partition coefficient (Wildman–Crippen LogP) is 1.75. The predicted molar refractivity (Wildman–Crippen MR) is 58.7 cm³/mol. The smallest absolute Gasteiger partial charge is 0.278 e. The van der Waals surface area contributed by atoms with Crippen molar-refractivity contribution in [2.45, 2.75) is 0 Å². The molecule has 16 heavy (non-hydrogen) atoms. The van der Waals surface area contributed by atoms with E-state index in [0.29, 0.717) is 5.69 Å². The van der Waals surface area contributed by atoms with Gasteiger partial charge in [0, 0.05) is 18.0 Å². The first-order chi connectivity index (χ1) is 7.70. The maximum atomic E-state index is 11.7. The minimum Gasteiger partial charge on any atom is -0.278 e. The molecule has 0 aliphatic heterocycles. The first-order valence-electron chi connectivity index (χ1n) is 4.61. The summed E-state index contributed by atoms with van der Waals surface area (Å²) in [7, 11) is 0. The Bertz CT molecular complexity index is 575. The van der Waals surface area contributed by atoms with Crippen molar-refractivity contribution < 1.29 is 4.92 Å². The van der Waals surface area contributed by atoms with Gasteiger partial charge in [0.15, 0.2) is 0 Å². The van der Waals surface area contributed by atoms with Crippen LogP contribution >= 0.6 is 0 Å². The molecule has 0 fully saturated rings. The normalized spacial score (nSPS) is 10.0. The summed E-state index contributed by atoms with van der Waals surface area (Å²) in [5.41, 5.74) is -0.443. The van der Waals surface area contributed by atoms with Crippen molar-refractivity contribution in [3.8, 4) is 5.69 Å². The lowest BCUT2D eigenvalue weighted by molar-refractivity contribution is -0.386. The number of benzene rings is 1. The quantitative estimate of drug-likeness (QED) is 0.567. The molecule has 1 heterocycles. The van der Waals surface area contributed by atoms with Gasteiger partial charge in [-0.3, -0.25) is 19.5 Å². The second kappa shape index (κ2) is 3.98. The second-order valence-electron chi connectivity index (χ2n) is 3.16.